The van der Waals surface area contributed by atoms with E-state index in [1.165, 1.54) is 10.8 Å². The Kier molecular flexibility index (Phi) is 1.53. The zero-order valence-electron chi connectivity index (χ0n) is 5.41. The van der Waals surface area contributed by atoms with E-state index in [1.54, 1.807) is 12.3 Å². The molecule has 0 bridgehead atoms. The molecule has 0 fully saturated rings. The maximum Gasteiger partial charge on any atom is 0.227 e. The molecule has 10 heavy (non-hydrogen) atoms. The SMILES string of the molecule is C=C(N)n1cccnc1=N. The minimum Gasteiger partial charge on any atom is -0.385 e. The van der Waals surface area contributed by atoms with Crippen LogP contribution in [-0.4, -0.2) is 9.55 Å². The highest BCUT2D eigenvalue weighted by molar-refractivity contribution is 5.34. The number of nitrogens with two attached hydrogens (primary N) is 1. The molecule has 4 heteroatoms. The molecule has 0 radical (unpaired) electrons. The van der Waals surface area contributed by atoms with Gasteiger partial charge in [0.05, 0.1) is 0 Å². The van der Waals surface area contributed by atoms with Crippen LogP contribution in [0.3, 0.4) is 0 Å². The summed E-state index contributed by atoms with van der Waals surface area (Å²) in [6, 6.07) is 1.69. The zero-order chi connectivity index (χ0) is 7.56. The van der Waals surface area contributed by atoms with Crippen LogP contribution in [0, 0.1) is 5.41 Å². The van der Waals surface area contributed by atoms with Gasteiger partial charge in [-0.1, -0.05) is 6.58 Å². The van der Waals surface area contributed by atoms with Crippen molar-refractivity contribution in [1.82, 2.24) is 9.55 Å². The molecule has 0 spiro atoms. The molecule has 0 saturated heterocycles. The fourth-order valence-electron chi connectivity index (χ4n) is 0.603. The Balaban J connectivity index is 3.29. The predicted octanol–water partition coefficient (Wildman–Crippen LogP) is -0.251. The van der Waals surface area contributed by atoms with Gasteiger partial charge in [0.2, 0.25) is 5.62 Å². The smallest absolute Gasteiger partial charge is 0.227 e. The summed E-state index contributed by atoms with van der Waals surface area (Å²) >= 11 is 0. The summed E-state index contributed by atoms with van der Waals surface area (Å²) in [7, 11) is 0. The molecule has 0 unspecified atom stereocenters. The second-order valence-corrected chi connectivity index (χ2v) is 1.80. The van der Waals surface area contributed by atoms with Crippen LogP contribution in [0.25, 0.3) is 5.82 Å². The van der Waals surface area contributed by atoms with E-state index in [0.717, 1.165) is 0 Å². The molecular formula is C6H8N4. The van der Waals surface area contributed by atoms with E-state index in [1.807, 2.05) is 0 Å². The van der Waals surface area contributed by atoms with Crippen molar-refractivity contribution in [3.63, 3.8) is 0 Å². The Morgan fingerprint density at radius 3 is 2.90 bits per heavy atom. The first-order valence-corrected chi connectivity index (χ1v) is 2.75. The molecule has 1 heterocycles. The molecule has 1 aromatic heterocycles. The van der Waals surface area contributed by atoms with Crippen molar-refractivity contribution in [1.29, 1.82) is 5.41 Å². The van der Waals surface area contributed by atoms with Gasteiger partial charge in [-0.05, 0) is 6.07 Å². The van der Waals surface area contributed by atoms with Gasteiger partial charge in [0.15, 0.2) is 0 Å². The van der Waals surface area contributed by atoms with Gasteiger partial charge in [0.1, 0.15) is 5.82 Å². The Morgan fingerprint density at radius 2 is 2.50 bits per heavy atom. The van der Waals surface area contributed by atoms with Gasteiger partial charge >= 0.3 is 0 Å². The quantitative estimate of drug-likeness (QED) is 0.559. The Morgan fingerprint density at radius 1 is 1.80 bits per heavy atom. The lowest BCUT2D eigenvalue weighted by atomic mass is 10.6. The summed E-state index contributed by atoms with van der Waals surface area (Å²) in [6.07, 6.45) is 3.17. The molecule has 3 N–H and O–H groups in total. The van der Waals surface area contributed by atoms with E-state index >= 15 is 0 Å². The Bertz CT molecular complexity index is 299. The first-order chi connectivity index (χ1) is 4.72. The van der Waals surface area contributed by atoms with E-state index in [0.29, 0.717) is 5.82 Å². The fourth-order valence-corrected chi connectivity index (χ4v) is 0.603. The van der Waals surface area contributed by atoms with Crippen LogP contribution in [-0.2, 0) is 0 Å². The van der Waals surface area contributed by atoms with Crippen molar-refractivity contribution in [3.8, 4) is 0 Å². The third kappa shape index (κ3) is 1.05. The van der Waals surface area contributed by atoms with Gasteiger partial charge in [-0.3, -0.25) is 9.98 Å². The highest BCUT2D eigenvalue weighted by Crippen LogP contribution is 1.83. The fraction of sp³-hybridized carbons (Fsp3) is 0. The highest BCUT2D eigenvalue weighted by Gasteiger charge is 1.88. The third-order valence-corrected chi connectivity index (χ3v) is 1.06. The molecule has 0 atom stereocenters. The van der Waals surface area contributed by atoms with Crippen LogP contribution in [0.15, 0.2) is 25.0 Å². The van der Waals surface area contributed by atoms with Crippen molar-refractivity contribution in [3.05, 3.63) is 30.7 Å². The number of rotatable bonds is 1. The van der Waals surface area contributed by atoms with Gasteiger partial charge in [-0.2, -0.15) is 0 Å². The standard InChI is InChI=1S/C6H8N4/c1-5(7)10-4-2-3-9-6(10)8/h2-4,8H,1,7H2. The van der Waals surface area contributed by atoms with E-state index in [-0.39, 0.29) is 5.62 Å². The van der Waals surface area contributed by atoms with Crippen LogP contribution in [0.4, 0.5) is 0 Å². The van der Waals surface area contributed by atoms with Crippen LogP contribution < -0.4 is 11.4 Å². The zero-order valence-corrected chi connectivity index (χ0v) is 5.41. The average molecular weight is 136 g/mol. The van der Waals surface area contributed by atoms with Crippen molar-refractivity contribution < 1.29 is 0 Å². The minimum atomic E-state index is 0.0926. The molecule has 0 amide bonds. The molecule has 1 rings (SSSR count). The van der Waals surface area contributed by atoms with E-state index < -0.39 is 0 Å². The van der Waals surface area contributed by atoms with Crippen molar-refractivity contribution in [2.45, 2.75) is 0 Å². The maximum atomic E-state index is 7.21. The molecule has 0 aliphatic rings. The highest BCUT2D eigenvalue weighted by atomic mass is 15.1. The monoisotopic (exact) mass is 136 g/mol. The lowest BCUT2D eigenvalue weighted by molar-refractivity contribution is 0.854. The molecule has 0 aliphatic heterocycles. The van der Waals surface area contributed by atoms with Crippen LogP contribution in [0.2, 0.25) is 0 Å². The maximum absolute atomic E-state index is 7.21. The van der Waals surface area contributed by atoms with Gasteiger partial charge in [-0.15, -0.1) is 0 Å². The lowest BCUT2D eigenvalue weighted by Gasteiger charge is -2.01. The van der Waals surface area contributed by atoms with Crippen molar-refractivity contribution in [2.75, 3.05) is 0 Å². The number of aromatic nitrogens is 2. The number of hydrogen-bond donors (Lipinski definition) is 2. The van der Waals surface area contributed by atoms with Gasteiger partial charge in [-0.25, -0.2) is 4.98 Å². The van der Waals surface area contributed by atoms with Crippen LogP contribution in [0.5, 0.6) is 0 Å². The molecule has 52 valence electrons. The van der Waals surface area contributed by atoms with E-state index in [9.17, 15) is 0 Å². The van der Waals surface area contributed by atoms with E-state index in [2.05, 4.69) is 11.6 Å². The van der Waals surface area contributed by atoms with Crippen molar-refractivity contribution >= 4 is 5.82 Å². The lowest BCUT2D eigenvalue weighted by Crippen LogP contribution is -2.23. The van der Waals surface area contributed by atoms with Crippen LogP contribution >= 0.6 is 0 Å². The Labute approximate surface area is 58.1 Å². The molecule has 0 aromatic carbocycles. The molecule has 0 aliphatic carbocycles. The summed E-state index contributed by atoms with van der Waals surface area (Å²) in [6.45, 7) is 3.47. The summed E-state index contributed by atoms with van der Waals surface area (Å²) in [5, 5.41) is 7.21. The summed E-state index contributed by atoms with van der Waals surface area (Å²) in [5.41, 5.74) is 5.42. The van der Waals surface area contributed by atoms with Gasteiger partial charge in [0, 0.05) is 12.4 Å². The van der Waals surface area contributed by atoms with Crippen LogP contribution in [0.1, 0.15) is 0 Å². The normalized spacial score (nSPS) is 9.20. The number of nitrogens with one attached hydrogen (secondary N) is 1. The summed E-state index contributed by atoms with van der Waals surface area (Å²) in [4.78, 5) is 3.69. The van der Waals surface area contributed by atoms with E-state index in [4.69, 9.17) is 11.1 Å². The van der Waals surface area contributed by atoms with Crippen molar-refractivity contribution in [2.24, 2.45) is 5.73 Å². The predicted molar refractivity (Wildman–Crippen MR) is 37.6 cm³/mol. The third-order valence-electron chi connectivity index (χ3n) is 1.06. The Hall–Kier alpha value is -1.58. The first-order valence-electron chi connectivity index (χ1n) is 2.75. The van der Waals surface area contributed by atoms with Gasteiger partial charge < -0.3 is 5.73 Å². The minimum absolute atomic E-state index is 0.0926. The summed E-state index contributed by atoms with van der Waals surface area (Å²) < 4.78 is 1.39. The molecular weight excluding hydrogens is 128 g/mol. The number of hydrogen-bond acceptors (Lipinski definition) is 3. The second-order valence-electron chi connectivity index (χ2n) is 1.80. The molecule has 1 aromatic rings. The first kappa shape index (κ1) is 6.54. The summed E-state index contributed by atoms with van der Waals surface area (Å²) in [5.74, 6) is 0.304. The molecule has 4 nitrogen and oxygen atoms in total. The average Bonchev–Trinajstić information content (AvgIpc) is 1.88. The number of nitrogens with zero attached hydrogens (tertiary/aromatic N) is 2. The second kappa shape index (κ2) is 2.34. The van der Waals surface area contributed by atoms with Gasteiger partial charge in [0.25, 0.3) is 0 Å². The topological polar surface area (TPSA) is 67.7 Å². The largest absolute Gasteiger partial charge is 0.385 e. The molecule has 0 saturated carbocycles.